The van der Waals surface area contributed by atoms with Crippen LogP contribution in [0.4, 0.5) is 0 Å². The van der Waals surface area contributed by atoms with Crippen molar-refractivity contribution in [1.29, 1.82) is 0 Å². The van der Waals surface area contributed by atoms with E-state index in [1.165, 1.54) is 161 Å². The fraction of sp³-hybridized carbons (Fsp3) is 1.00. The Kier molecular flexibility index (Phi) is 33.2. The Hall–Kier alpha value is -0.160. The lowest BCUT2D eigenvalue weighted by atomic mass is 9.99. The Morgan fingerprint density at radius 1 is 0.425 bits per heavy atom. The Bertz CT molecular complexity index is 461. The molecule has 4 N–H and O–H groups in total. The molecular formula is C36H75NO3. The summed E-state index contributed by atoms with van der Waals surface area (Å²) in [6.07, 6.45) is 36.3. The highest BCUT2D eigenvalue weighted by Gasteiger charge is 2.24. The highest BCUT2D eigenvalue weighted by atomic mass is 16.3. The average Bonchev–Trinajstić information content (AvgIpc) is 2.96. The third-order valence-electron chi connectivity index (χ3n) is 8.79. The molecule has 0 amide bonds. The highest BCUT2D eigenvalue weighted by Crippen LogP contribution is 2.16. The molecule has 0 bridgehead atoms. The van der Waals surface area contributed by atoms with Crippen LogP contribution < -0.4 is 5.32 Å². The zero-order valence-corrected chi connectivity index (χ0v) is 27.5. The second-order valence-electron chi connectivity index (χ2n) is 12.8. The van der Waals surface area contributed by atoms with E-state index in [2.05, 4.69) is 19.2 Å². The first-order chi connectivity index (χ1) is 19.7. The van der Waals surface area contributed by atoms with Gasteiger partial charge in [0.15, 0.2) is 0 Å². The first kappa shape index (κ1) is 39.8. The molecule has 0 rings (SSSR count). The van der Waals surface area contributed by atoms with Crippen molar-refractivity contribution in [2.24, 2.45) is 0 Å². The number of unbranched alkanes of at least 4 members (excludes halogenated alkanes) is 26. The van der Waals surface area contributed by atoms with E-state index in [9.17, 15) is 15.3 Å². The quantitative estimate of drug-likeness (QED) is 0.0582. The summed E-state index contributed by atoms with van der Waals surface area (Å²) in [5.74, 6) is 0. The monoisotopic (exact) mass is 570 g/mol. The van der Waals surface area contributed by atoms with E-state index in [0.29, 0.717) is 6.42 Å². The molecular weight excluding hydrogens is 494 g/mol. The Labute approximate surface area is 251 Å². The lowest BCUT2D eigenvalue weighted by Gasteiger charge is -2.26. The molecule has 3 atom stereocenters. The van der Waals surface area contributed by atoms with Gasteiger partial charge < -0.3 is 20.6 Å². The summed E-state index contributed by atoms with van der Waals surface area (Å²) in [5.41, 5.74) is 0. The van der Waals surface area contributed by atoms with E-state index in [4.69, 9.17) is 0 Å². The number of aliphatic hydroxyl groups excluding tert-OH is 3. The van der Waals surface area contributed by atoms with E-state index < -0.39 is 18.2 Å². The van der Waals surface area contributed by atoms with E-state index >= 15 is 0 Å². The van der Waals surface area contributed by atoms with Gasteiger partial charge in [-0.15, -0.1) is 0 Å². The largest absolute Gasteiger partial charge is 0.395 e. The fourth-order valence-electron chi connectivity index (χ4n) is 5.89. The van der Waals surface area contributed by atoms with Gasteiger partial charge in [0.2, 0.25) is 0 Å². The molecule has 0 aliphatic carbocycles. The summed E-state index contributed by atoms with van der Waals surface area (Å²) in [7, 11) is 0. The molecule has 0 heterocycles. The van der Waals surface area contributed by atoms with Crippen LogP contribution in [0.25, 0.3) is 0 Å². The van der Waals surface area contributed by atoms with Crippen LogP contribution in [0.15, 0.2) is 0 Å². The number of rotatable bonds is 34. The fourth-order valence-corrected chi connectivity index (χ4v) is 5.89. The highest BCUT2D eigenvalue weighted by molar-refractivity contribution is 4.81. The molecule has 0 aromatic rings. The zero-order chi connectivity index (χ0) is 29.4. The van der Waals surface area contributed by atoms with Gasteiger partial charge in [0.25, 0.3) is 0 Å². The van der Waals surface area contributed by atoms with Crippen molar-refractivity contribution in [2.45, 2.75) is 218 Å². The molecule has 0 fully saturated rings. The van der Waals surface area contributed by atoms with Gasteiger partial charge in [-0.05, 0) is 19.4 Å². The van der Waals surface area contributed by atoms with Crippen LogP contribution in [0.2, 0.25) is 0 Å². The van der Waals surface area contributed by atoms with Gasteiger partial charge in [-0.25, -0.2) is 0 Å². The van der Waals surface area contributed by atoms with Crippen molar-refractivity contribution in [2.75, 3.05) is 13.2 Å². The molecule has 4 heteroatoms. The zero-order valence-electron chi connectivity index (χ0n) is 27.5. The first-order valence-electron chi connectivity index (χ1n) is 18.4. The molecule has 0 spiro atoms. The Morgan fingerprint density at radius 3 is 1.05 bits per heavy atom. The normalized spacial score (nSPS) is 14.0. The van der Waals surface area contributed by atoms with Crippen LogP contribution in [-0.2, 0) is 0 Å². The SMILES string of the molecule is CCCCCCCCCCCCCCCCCCN[C@@H](CO)[C@H](O)[C@H](O)CCCCCCCCCCCCCC. The van der Waals surface area contributed by atoms with Crippen LogP contribution in [0.5, 0.6) is 0 Å². The van der Waals surface area contributed by atoms with Crippen molar-refractivity contribution in [1.82, 2.24) is 5.32 Å². The minimum Gasteiger partial charge on any atom is -0.395 e. The van der Waals surface area contributed by atoms with Crippen molar-refractivity contribution in [3.05, 3.63) is 0 Å². The second-order valence-corrected chi connectivity index (χ2v) is 12.8. The topological polar surface area (TPSA) is 72.7 Å². The van der Waals surface area contributed by atoms with Crippen molar-refractivity contribution in [3.8, 4) is 0 Å². The number of nitrogens with one attached hydrogen (secondary N) is 1. The van der Waals surface area contributed by atoms with Crippen molar-refractivity contribution >= 4 is 0 Å². The average molecular weight is 570 g/mol. The third kappa shape index (κ3) is 28.0. The summed E-state index contributed by atoms with van der Waals surface area (Å²) in [4.78, 5) is 0. The Balaban J connectivity index is 3.51. The van der Waals surface area contributed by atoms with Gasteiger partial charge in [0.1, 0.15) is 0 Å². The maximum Gasteiger partial charge on any atom is 0.0973 e. The molecule has 0 radical (unpaired) electrons. The molecule has 0 aromatic heterocycles. The molecule has 0 saturated carbocycles. The standard InChI is InChI=1S/C36H75NO3/c1-3-5-7-9-11-13-15-17-18-19-20-22-24-26-28-30-32-37-34(33-38)36(40)35(39)31-29-27-25-23-21-16-14-12-10-8-6-4-2/h34-40H,3-33H2,1-2H3/t34-,35+,36-/m0/s1. The first-order valence-corrected chi connectivity index (χ1v) is 18.4. The lowest BCUT2D eigenvalue weighted by Crippen LogP contribution is -2.48. The molecule has 0 unspecified atom stereocenters. The molecule has 0 saturated heterocycles. The van der Waals surface area contributed by atoms with E-state index in [1.54, 1.807) is 0 Å². The van der Waals surface area contributed by atoms with Crippen molar-refractivity contribution < 1.29 is 15.3 Å². The molecule has 40 heavy (non-hydrogen) atoms. The number of hydrogen-bond donors (Lipinski definition) is 4. The van der Waals surface area contributed by atoms with Crippen LogP contribution in [0.3, 0.4) is 0 Å². The molecule has 0 aliphatic rings. The van der Waals surface area contributed by atoms with E-state index in [0.717, 1.165) is 25.8 Å². The summed E-state index contributed by atoms with van der Waals surface area (Å²) in [6, 6.07) is -0.427. The second kappa shape index (κ2) is 33.3. The van der Waals surface area contributed by atoms with Crippen molar-refractivity contribution in [3.63, 3.8) is 0 Å². The molecule has 0 aromatic carbocycles. The molecule has 4 nitrogen and oxygen atoms in total. The van der Waals surface area contributed by atoms with Gasteiger partial charge in [-0.1, -0.05) is 187 Å². The van der Waals surface area contributed by atoms with Crippen LogP contribution in [0.1, 0.15) is 200 Å². The molecule has 242 valence electrons. The van der Waals surface area contributed by atoms with Gasteiger partial charge >= 0.3 is 0 Å². The molecule has 0 aliphatic heterocycles. The van der Waals surface area contributed by atoms with Gasteiger partial charge in [0, 0.05) is 0 Å². The van der Waals surface area contributed by atoms with Gasteiger partial charge in [-0.3, -0.25) is 0 Å². The maximum absolute atomic E-state index is 10.5. The lowest BCUT2D eigenvalue weighted by molar-refractivity contribution is -0.0210. The van der Waals surface area contributed by atoms with Gasteiger partial charge in [-0.2, -0.15) is 0 Å². The van der Waals surface area contributed by atoms with Crippen LogP contribution >= 0.6 is 0 Å². The maximum atomic E-state index is 10.5. The van der Waals surface area contributed by atoms with Gasteiger partial charge in [0.05, 0.1) is 24.9 Å². The van der Waals surface area contributed by atoms with E-state index in [1.807, 2.05) is 0 Å². The van der Waals surface area contributed by atoms with E-state index in [-0.39, 0.29) is 6.61 Å². The van der Waals surface area contributed by atoms with Crippen LogP contribution in [-0.4, -0.2) is 46.7 Å². The Morgan fingerprint density at radius 2 is 0.725 bits per heavy atom. The summed E-state index contributed by atoms with van der Waals surface area (Å²) < 4.78 is 0. The predicted octanol–water partition coefficient (Wildman–Crippen LogP) is 10.0. The summed E-state index contributed by atoms with van der Waals surface area (Å²) >= 11 is 0. The summed E-state index contributed by atoms with van der Waals surface area (Å²) in [6.45, 7) is 5.22. The summed E-state index contributed by atoms with van der Waals surface area (Å²) in [5, 5.41) is 33.9. The van der Waals surface area contributed by atoms with Crippen LogP contribution in [0, 0.1) is 0 Å². The minimum atomic E-state index is -0.890. The number of hydrogen-bond acceptors (Lipinski definition) is 4. The number of aliphatic hydroxyl groups is 3. The third-order valence-corrected chi connectivity index (χ3v) is 8.79. The smallest absolute Gasteiger partial charge is 0.0973 e. The predicted molar refractivity (Wildman–Crippen MR) is 176 cm³/mol. The minimum absolute atomic E-state index is 0.129.